The van der Waals surface area contributed by atoms with Crippen LogP contribution < -0.4 is 5.32 Å². The number of hydrogen-bond donors (Lipinski definition) is 1. The number of hydrogen-bond acceptors (Lipinski definition) is 4. The predicted octanol–water partition coefficient (Wildman–Crippen LogP) is 2.21. The molecular formula is C11H16N2O2S. The minimum absolute atomic E-state index is 0.0706. The first-order valence-corrected chi connectivity index (χ1v) is 6.42. The topological polar surface area (TPSA) is 51.2 Å². The summed E-state index contributed by atoms with van der Waals surface area (Å²) < 4.78 is 5.26. The molecule has 16 heavy (non-hydrogen) atoms. The molecule has 88 valence electrons. The van der Waals surface area contributed by atoms with E-state index in [0.29, 0.717) is 17.5 Å². The highest BCUT2D eigenvalue weighted by Gasteiger charge is 2.17. The Balaban J connectivity index is 1.79. The van der Waals surface area contributed by atoms with Crippen LogP contribution in [0.5, 0.6) is 0 Å². The number of rotatable bonds is 3. The van der Waals surface area contributed by atoms with E-state index in [9.17, 15) is 4.79 Å². The second-order valence-corrected chi connectivity index (χ2v) is 4.96. The van der Waals surface area contributed by atoms with Gasteiger partial charge in [-0.25, -0.2) is 4.98 Å². The first kappa shape index (κ1) is 11.5. The third kappa shape index (κ3) is 3.28. The molecule has 1 amide bonds. The molecule has 5 heteroatoms. The van der Waals surface area contributed by atoms with E-state index in [-0.39, 0.29) is 5.91 Å². The SMILES string of the molecule is Cc1csc(NC(=O)CC2CCOCC2)n1. The largest absolute Gasteiger partial charge is 0.381 e. The van der Waals surface area contributed by atoms with Crippen molar-refractivity contribution in [3.8, 4) is 0 Å². The fourth-order valence-corrected chi connectivity index (χ4v) is 2.50. The van der Waals surface area contributed by atoms with Gasteiger partial charge in [0.05, 0.1) is 5.69 Å². The Morgan fingerprint density at radius 3 is 3.00 bits per heavy atom. The van der Waals surface area contributed by atoms with Crippen molar-refractivity contribution in [3.63, 3.8) is 0 Å². The van der Waals surface area contributed by atoms with Crippen molar-refractivity contribution in [1.29, 1.82) is 0 Å². The van der Waals surface area contributed by atoms with E-state index in [2.05, 4.69) is 10.3 Å². The smallest absolute Gasteiger partial charge is 0.226 e. The number of thiazole rings is 1. The molecule has 0 saturated carbocycles. The molecule has 0 spiro atoms. The quantitative estimate of drug-likeness (QED) is 0.881. The summed E-state index contributed by atoms with van der Waals surface area (Å²) in [6, 6.07) is 0. The third-order valence-electron chi connectivity index (χ3n) is 2.68. The highest BCUT2D eigenvalue weighted by Crippen LogP contribution is 2.20. The Bertz CT molecular complexity index is 359. The van der Waals surface area contributed by atoms with Gasteiger partial charge in [-0.05, 0) is 25.7 Å². The maximum atomic E-state index is 11.7. The zero-order chi connectivity index (χ0) is 11.4. The number of carbonyl (C=O) groups excluding carboxylic acids is 1. The summed E-state index contributed by atoms with van der Waals surface area (Å²) in [5, 5.41) is 5.48. The zero-order valence-corrected chi connectivity index (χ0v) is 10.2. The van der Waals surface area contributed by atoms with E-state index in [1.807, 2.05) is 12.3 Å². The minimum Gasteiger partial charge on any atom is -0.381 e. The molecule has 1 fully saturated rings. The summed E-state index contributed by atoms with van der Waals surface area (Å²) in [5.74, 6) is 0.538. The van der Waals surface area contributed by atoms with Crippen LogP contribution in [0.2, 0.25) is 0 Å². The Morgan fingerprint density at radius 1 is 1.62 bits per heavy atom. The highest BCUT2D eigenvalue weighted by atomic mass is 32.1. The van der Waals surface area contributed by atoms with Gasteiger partial charge in [-0.15, -0.1) is 11.3 Å². The molecule has 0 aromatic carbocycles. The third-order valence-corrected chi connectivity index (χ3v) is 3.56. The molecule has 0 atom stereocenters. The van der Waals surface area contributed by atoms with Crippen LogP contribution in [-0.2, 0) is 9.53 Å². The van der Waals surface area contributed by atoms with Crippen molar-refractivity contribution in [2.75, 3.05) is 18.5 Å². The summed E-state index contributed by atoms with van der Waals surface area (Å²) >= 11 is 1.47. The van der Waals surface area contributed by atoms with Crippen LogP contribution in [0, 0.1) is 12.8 Å². The minimum atomic E-state index is 0.0706. The lowest BCUT2D eigenvalue weighted by atomic mass is 9.96. The number of aryl methyl sites for hydroxylation is 1. The van der Waals surface area contributed by atoms with Gasteiger partial charge in [-0.1, -0.05) is 0 Å². The van der Waals surface area contributed by atoms with E-state index in [4.69, 9.17) is 4.74 Å². The lowest BCUT2D eigenvalue weighted by molar-refractivity contribution is -0.117. The van der Waals surface area contributed by atoms with E-state index in [1.54, 1.807) is 0 Å². The molecule has 1 aliphatic rings. The van der Waals surface area contributed by atoms with E-state index < -0.39 is 0 Å². The molecule has 0 unspecified atom stereocenters. The van der Waals surface area contributed by atoms with Crippen molar-refractivity contribution in [1.82, 2.24) is 4.98 Å². The average Bonchev–Trinajstić information content (AvgIpc) is 2.65. The van der Waals surface area contributed by atoms with Gasteiger partial charge in [-0.2, -0.15) is 0 Å². The molecule has 1 aromatic rings. The molecule has 2 rings (SSSR count). The number of carbonyl (C=O) groups is 1. The van der Waals surface area contributed by atoms with E-state index in [1.165, 1.54) is 11.3 Å². The van der Waals surface area contributed by atoms with Crippen molar-refractivity contribution in [2.45, 2.75) is 26.2 Å². The zero-order valence-electron chi connectivity index (χ0n) is 9.36. The first-order chi connectivity index (χ1) is 7.74. The van der Waals surface area contributed by atoms with E-state index in [0.717, 1.165) is 31.7 Å². The van der Waals surface area contributed by atoms with Crippen molar-refractivity contribution >= 4 is 22.4 Å². The number of nitrogens with one attached hydrogen (secondary N) is 1. The molecule has 0 radical (unpaired) electrons. The van der Waals surface area contributed by atoms with Gasteiger partial charge < -0.3 is 10.1 Å². The standard InChI is InChI=1S/C11H16N2O2S/c1-8-7-16-11(12-8)13-10(14)6-9-2-4-15-5-3-9/h7,9H,2-6H2,1H3,(H,12,13,14). The normalized spacial score (nSPS) is 17.3. The molecule has 1 aromatic heterocycles. The second kappa shape index (κ2) is 5.41. The van der Waals surface area contributed by atoms with Crippen LogP contribution in [0.15, 0.2) is 5.38 Å². The van der Waals surface area contributed by atoms with Gasteiger partial charge in [0.25, 0.3) is 0 Å². The summed E-state index contributed by atoms with van der Waals surface area (Å²) in [7, 11) is 0. The molecule has 1 saturated heterocycles. The van der Waals surface area contributed by atoms with Crippen LogP contribution in [0.4, 0.5) is 5.13 Å². The summed E-state index contributed by atoms with van der Waals surface area (Å²) in [4.78, 5) is 15.9. The van der Waals surface area contributed by atoms with Gasteiger partial charge in [0, 0.05) is 25.0 Å². The fraction of sp³-hybridized carbons (Fsp3) is 0.636. The molecule has 0 bridgehead atoms. The Labute approximate surface area is 99.0 Å². The van der Waals surface area contributed by atoms with Crippen molar-refractivity contribution in [3.05, 3.63) is 11.1 Å². The first-order valence-electron chi connectivity index (χ1n) is 5.54. The van der Waals surface area contributed by atoms with Crippen molar-refractivity contribution < 1.29 is 9.53 Å². The Hall–Kier alpha value is -0.940. The Morgan fingerprint density at radius 2 is 2.38 bits per heavy atom. The van der Waals surface area contributed by atoms with Crippen LogP contribution in [0.25, 0.3) is 0 Å². The lowest BCUT2D eigenvalue weighted by Crippen LogP contribution is -2.22. The van der Waals surface area contributed by atoms with Gasteiger partial charge in [0.15, 0.2) is 5.13 Å². The van der Waals surface area contributed by atoms with Gasteiger partial charge >= 0.3 is 0 Å². The molecule has 0 aliphatic carbocycles. The number of aromatic nitrogens is 1. The summed E-state index contributed by atoms with van der Waals surface area (Å²) in [6.45, 7) is 3.49. The molecule has 1 N–H and O–H groups in total. The lowest BCUT2D eigenvalue weighted by Gasteiger charge is -2.20. The van der Waals surface area contributed by atoms with Gasteiger partial charge in [0.1, 0.15) is 0 Å². The van der Waals surface area contributed by atoms with Crippen molar-refractivity contribution in [2.24, 2.45) is 5.92 Å². The van der Waals surface area contributed by atoms with Crippen LogP contribution in [0.1, 0.15) is 25.0 Å². The number of nitrogens with zero attached hydrogens (tertiary/aromatic N) is 1. The second-order valence-electron chi connectivity index (χ2n) is 4.10. The highest BCUT2D eigenvalue weighted by molar-refractivity contribution is 7.13. The molecule has 4 nitrogen and oxygen atoms in total. The Kier molecular flexibility index (Phi) is 3.90. The predicted molar refractivity (Wildman–Crippen MR) is 63.6 cm³/mol. The molecule has 2 heterocycles. The maximum Gasteiger partial charge on any atom is 0.226 e. The van der Waals surface area contributed by atoms with E-state index >= 15 is 0 Å². The molecule has 1 aliphatic heterocycles. The summed E-state index contributed by atoms with van der Waals surface area (Å²) in [6.07, 6.45) is 2.57. The van der Waals surface area contributed by atoms with Gasteiger partial charge in [-0.3, -0.25) is 4.79 Å². The fourth-order valence-electron chi connectivity index (χ4n) is 1.79. The number of anilines is 1. The number of amides is 1. The van der Waals surface area contributed by atoms with Crippen LogP contribution in [0.3, 0.4) is 0 Å². The van der Waals surface area contributed by atoms with Gasteiger partial charge in [0.2, 0.25) is 5.91 Å². The molecular weight excluding hydrogens is 224 g/mol. The average molecular weight is 240 g/mol. The number of ether oxygens (including phenoxy) is 1. The summed E-state index contributed by atoms with van der Waals surface area (Å²) in [5.41, 5.74) is 0.950. The van der Waals surface area contributed by atoms with Crippen LogP contribution >= 0.6 is 11.3 Å². The van der Waals surface area contributed by atoms with Crippen LogP contribution in [-0.4, -0.2) is 24.1 Å². The maximum absolute atomic E-state index is 11.7. The monoisotopic (exact) mass is 240 g/mol.